The van der Waals surface area contributed by atoms with E-state index >= 15 is 0 Å². The van der Waals surface area contributed by atoms with Crippen molar-refractivity contribution < 1.29 is 0 Å². The molecule has 0 N–H and O–H groups in total. The molecule has 0 spiro atoms. The molecule has 172 valence electrons. The predicted molar refractivity (Wildman–Crippen MR) is 138 cm³/mol. The van der Waals surface area contributed by atoms with Gasteiger partial charge in [-0.05, 0) is 89.4 Å². The van der Waals surface area contributed by atoms with Gasteiger partial charge >= 0.3 is 0 Å². The summed E-state index contributed by atoms with van der Waals surface area (Å²) in [7, 11) is 0. The Hall–Kier alpha value is -0.220. The van der Waals surface area contributed by atoms with Crippen molar-refractivity contribution in [3.05, 3.63) is 0 Å². The SMILES string of the molecule is CC(=S)N1C(C)CC2CCCCC21.CCCCC(=S)N1CCCC2CCCC(C)C21. The van der Waals surface area contributed by atoms with Gasteiger partial charge in [-0.15, -0.1) is 0 Å². The topological polar surface area (TPSA) is 6.48 Å². The average molecular weight is 451 g/mol. The molecule has 2 saturated carbocycles. The summed E-state index contributed by atoms with van der Waals surface area (Å²) in [4.78, 5) is 7.49. The molecule has 0 amide bonds. The highest BCUT2D eigenvalue weighted by molar-refractivity contribution is 7.80. The Morgan fingerprint density at radius 2 is 1.60 bits per heavy atom. The van der Waals surface area contributed by atoms with E-state index in [2.05, 4.69) is 37.5 Å². The van der Waals surface area contributed by atoms with Crippen LogP contribution in [0.3, 0.4) is 0 Å². The maximum Gasteiger partial charge on any atom is 0.0781 e. The Morgan fingerprint density at radius 1 is 0.900 bits per heavy atom. The third-order valence-corrected chi connectivity index (χ3v) is 9.06. The van der Waals surface area contributed by atoms with Gasteiger partial charge in [-0.3, -0.25) is 0 Å². The van der Waals surface area contributed by atoms with Crippen LogP contribution in [0.25, 0.3) is 0 Å². The third kappa shape index (κ3) is 5.77. The molecule has 4 rings (SSSR count). The van der Waals surface area contributed by atoms with Gasteiger partial charge in [0.2, 0.25) is 0 Å². The second-order valence-corrected chi connectivity index (χ2v) is 11.7. The largest absolute Gasteiger partial charge is 0.363 e. The standard InChI is InChI=1S/C15H27NS.C11H19NS/c1-3-4-10-14(17)16-11-6-9-13-8-5-7-12(2)15(13)16;1-8-7-10-5-3-4-6-11(10)12(8)9(2)13/h12-13,15H,3-11H2,1-2H3;8,10-11H,3-7H2,1-2H3. The van der Waals surface area contributed by atoms with Gasteiger partial charge in [0.05, 0.1) is 9.98 Å². The van der Waals surface area contributed by atoms with Crippen molar-refractivity contribution in [2.75, 3.05) is 6.54 Å². The number of rotatable bonds is 3. The van der Waals surface area contributed by atoms with Crippen LogP contribution in [0.5, 0.6) is 0 Å². The molecule has 6 atom stereocenters. The summed E-state index contributed by atoms with van der Waals surface area (Å²) in [6, 6.07) is 2.27. The normalized spacial score (nSPS) is 35.7. The quantitative estimate of drug-likeness (QED) is 0.413. The lowest BCUT2D eigenvalue weighted by atomic mass is 9.73. The van der Waals surface area contributed by atoms with E-state index in [1.165, 1.54) is 88.6 Å². The highest BCUT2D eigenvalue weighted by Gasteiger charge is 2.40. The molecule has 2 heterocycles. The number of likely N-dealkylation sites (tertiary alicyclic amines) is 2. The van der Waals surface area contributed by atoms with E-state index < -0.39 is 0 Å². The molecule has 2 nitrogen and oxygen atoms in total. The van der Waals surface area contributed by atoms with Crippen molar-refractivity contribution in [1.29, 1.82) is 0 Å². The van der Waals surface area contributed by atoms with Gasteiger partial charge in [-0.1, -0.05) is 64.0 Å². The van der Waals surface area contributed by atoms with Gasteiger partial charge in [0.25, 0.3) is 0 Å². The summed E-state index contributed by atoms with van der Waals surface area (Å²) in [6.07, 6.45) is 17.8. The minimum absolute atomic E-state index is 0.700. The van der Waals surface area contributed by atoms with Crippen molar-refractivity contribution in [2.24, 2.45) is 17.8 Å². The van der Waals surface area contributed by atoms with Crippen molar-refractivity contribution in [3.8, 4) is 0 Å². The first-order chi connectivity index (χ1) is 14.4. The third-order valence-electron chi connectivity index (χ3n) is 8.41. The first-order valence-corrected chi connectivity index (χ1v) is 13.8. The van der Waals surface area contributed by atoms with Crippen LogP contribution in [0.15, 0.2) is 0 Å². The van der Waals surface area contributed by atoms with E-state index in [1.54, 1.807) is 0 Å². The molecule has 2 aliphatic carbocycles. The lowest BCUT2D eigenvalue weighted by Gasteiger charge is -2.48. The monoisotopic (exact) mass is 450 g/mol. The zero-order chi connectivity index (χ0) is 21.7. The van der Waals surface area contributed by atoms with E-state index in [4.69, 9.17) is 24.4 Å². The van der Waals surface area contributed by atoms with E-state index in [-0.39, 0.29) is 0 Å². The van der Waals surface area contributed by atoms with Crippen LogP contribution in [-0.2, 0) is 0 Å². The Labute approximate surface area is 197 Å². The van der Waals surface area contributed by atoms with Crippen LogP contribution >= 0.6 is 24.4 Å². The van der Waals surface area contributed by atoms with Crippen molar-refractivity contribution in [3.63, 3.8) is 0 Å². The molecule has 0 aromatic heterocycles. The lowest BCUT2D eigenvalue weighted by molar-refractivity contribution is 0.0757. The Balaban J connectivity index is 0.000000177. The Kier molecular flexibility index (Phi) is 9.43. The molecule has 0 aromatic carbocycles. The van der Waals surface area contributed by atoms with Gasteiger partial charge in [-0.2, -0.15) is 0 Å². The van der Waals surface area contributed by atoms with E-state index in [9.17, 15) is 0 Å². The fraction of sp³-hybridized carbons (Fsp3) is 0.923. The molecular formula is C26H46N2S2. The molecule has 2 aliphatic heterocycles. The molecule has 6 unspecified atom stereocenters. The minimum atomic E-state index is 0.700. The molecular weight excluding hydrogens is 404 g/mol. The van der Waals surface area contributed by atoms with Crippen molar-refractivity contribution in [1.82, 2.24) is 9.80 Å². The second kappa shape index (κ2) is 11.6. The molecule has 4 heteroatoms. The fourth-order valence-corrected chi connectivity index (χ4v) is 7.74. The van der Waals surface area contributed by atoms with Gasteiger partial charge in [0.1, 0.15) is 0 Å². The van der Waals surface area contributed by atoms with Crippen LogP contribution in [-0.4, -0.2) is 44.4 Å². The summed E-state index contributed by atoms with van der Waals surface area (Å²) < 4.78 is 0. The van der Waals surface area contributed by atoms with Crippen LogP contribution < -0.4 is 0 Å². The molecule has 0 radical (unpaired) electrons. The van der Waals surface area contributed by atoms with Gasteiger partial charge in [0.15, 0.2) is 0 Å². The van der Waals surface area contributed by atoms with Crippen LogP contribution in [0.2, 0.25) is 0 Å². The van der Waals surface area contributed by atoms with Crippen LogP contribution in [0.1, 0.15) is 111 Å². The average Bonchev–Trinajstić information content (AvgIpc) is 3.08. The number of unbranched alkanes of at least 4 members (excludes halogenated alkanes) is 1. The number of fused-ring (bicyclic) bond motifs is 2. The van der Waals surface area contributed by atoms with Crippen LogP contribution in [0.4, 0.5) is 0 Å². The summed E-state index contributed by atoms with van der Waals surface area (Å²) in [5, 5.41) is 0. The summed E-state index contributed by atoms with van der Waals surface area (Å²) in [5.74, 6) is 2.74. The lowest BCUT2D eigenvalue weighted by Crippen LogP contribution is -2.52. The molecule has 4 fully saturated rings. The first kappa shape index (κ1) is 24.4. The maximum atomic E-state index is 5.69. The van der Waals surface area contributed by atoms with Gasteiger partial charge in [-0.25, -0.2) is 0 Å². The number of thiocarbonyl (C=S) groups is 2. The second-order valence-electron chi connectivity index (χ2n) is 10.6. The summed E-state index contributed by atoms with van der Waals surface area (Å²) in [5.41, 5.74) is 0. The van der Waals surface area contributed by atoms with Gasteiger partial charge in [0, 0.05) is 24.7 Å². The highest BCUT2D eigenvalue weighted by Crippen LogP contribution is 2.40. The van der Waals surface area contributed by atoms with E-state index in [1.807, 2.05) is 0 Å². The zero-order valence-electron chi connectivity index (χ0n) is 20.1. The minimum Gasteiger partial charge on any atom is -0.363 e. The maximum absolute atomic E-state index is 5.69. The first-order valence-electron chi connectivity index (χ1n) is 13.0. The molecule has 0 aromatic rings. The number of hydrogen-bond acceptors (Lipinski definition) is 2. The smallest absolute Gasteiger partial charge is 0.0781 e. The molecule has 2 saturated heterocycles. The van der Waals surface area contributed by atoms with Crippen molar-refractivity contribution >= 4 is 34.4 Å². The number of nitrogens with zero attached hydrogens (tertiary/aromatic N) is 2. The molecule has 0 bridgehead atoms. The number of hydrogen-bond donors (Lipinski definition) is 0. The predicted octanol–water partition coefficient (Wildman–Crippen LogP) is 7.39. The highest BCUT2D eigenvalue weighted by atomic mass is 32.1. The molecule has 30 heavy (non-hydrogen) atoms. The molecule has 4 aliphatic rings. The van der Waals surface area contributed by atoms with E-state index in [0.29, 0.717) is 6.04 Å². The van der Waals surface area contributed by atoms with Crippen molar-refractivity contribution in [2.45, 2.75) is 129 Å². The summed E-state index contributed by atoms with van der Waals surface area (Å²) in [6.45, 7) is 10.3. The Bertz CT molecular complexity index is 575. The number of piperidine rings is 1. The van der Waals surface area contributed by atoms with E-state index in [0.717, 1.165) is 41.2 Å². The summed E-state index contributed by atoms with van der Waals surface area (Å²) >= 11 is 11.0. The van der Waals surface area contributed by atoms with Gasteiger partial charge < -0.3 is 9.80 Å². The zero-order valence-corrected chi connectivity index (χ0v) is 21.7. The fourth-order valence-electron chi connectivity index (χ4n) is 7.07. The Morgan fingerprint density at radius 3 is 2.33 bits per heavy atom. The van der Waals surface area contributed by atoms with Crippen LogP contribution in [0, 0.1) is 17.8 Å².